The van der Waals surface area contributed by atoms with Crippen LogP contribution >= 0.6 is 22.7 Å². The van der Waals surface area contributed by atoms with Gasteiger partial charge in [-0.25, -0.2) is 9.97 Å². The molecule has 0 saturated carbocycles. The maximum atomic E-state index is 5.51. The molecule has 0 radical (unpaired) electrons. The third-order valence-electron chi connectivity index (χ3n) is 2.76. The molecule has 1 aromatic carbocycles. The number of benzene rings is 1. The fourth-order valence-corrected chi connectivity index (χ4v) is 3.40. The van der Waals surface area contributed by atoms with Crippen molar-refractivity contribution in [2.24, 2.45) is 0 Å². The van der Waals surface area contributed by atoms with Crippen molar-refractivity contribution in [3.63, 3.8) is 0 Å². The standard InChI is InChI=1S/C14H15N3OS2/c1-3-18-11-4-5-12-13(6-11)20-14(17-12)15-7-10-8-19-9(2)16-10/h4-6,8H,3,7H2,1-2H3,(H,15,17). The van der Waals surface area contributed by atoms with Gasteiger partial charge < -0.3 is 10.1 Å². The van der Waals surface area contributed by atoms with Gasteiger partial charge in [0.2, 0.25) is 0 Å². The van der Waals surface area contributed by atoms with E-state index >= 15 is 0 Å². The van der Waals surface area contributed by atoms with Gasteiger partial charge in [-0.05, 0) is 32.0 Å². The number of nitrogens with one attached hydrogen (secondary N) is 1. The summed E-state index contributed by atoms with van der Waals surface area (Å²) in [7, 11) is 0. The summed E-state index contributed by atoms with van der Waals surface area (Å²) >= 11 is 3.30. The van der Waals surface area contributed by atoms with E-state index in [9.17, 15) is 0 Å². The van der Waals surface area contributed by atoms with Gasteiger partial charge in [-0.2, -0.15) is 0 Å². The van der Waals surface area contributed by atoms with Gasteiger partial charge >= 0.3 is 0 Å². The highest BCUT2D eigenvalue weighted by molar-refractivity contribution is 7.22. The van der Waals surface area contributed by atoms with E-state index in [0.29, 0.717) is 13.2 Å². The molecule has 0 spiro atoms. The first kappa shape index (κ1) is 13.3. The number of aromatic nitrogens is 2. The Bertz CT molecular complexity index is 720. The number of rotatable bonds is 5. The van der Waals surface area contributed by atoms with E-state index in [-0.39, 0.29) is 0 Å². The summed E-state index contributed by atoms with van der Waals surface area (Å²) in [5.74, 6) is 0.894. The molecule has 0 unspecified atom stereocenters. The van der Waals surface area contributed by atoms with E-state index in [1.54, 1.807) is 22.7 Å². The maximum absolute atomic E-state index is 5.51. The summed E-state index contributed by atoms with van der Waals surface area (Å²) in [5.41, 5.74) is 2.05. The minimum Gasteiger partial charge on any atom is -0.494 e. The molecule has 0 fully saturated rings. The normalized spacial score (nSPS) is 10.9. The second-order valence-electron chi connectivity index (χ2n) is 4.29. The molecule has 1 N–H and O–H groups in total. The lowest BCUT2D eigenvalue weighted by molar-refractivity contribution is 0.341. The van der Waals surface area contributed by atoms with E-state index in [4.69, 9.17) is 4.74 Å². The van der Waals surface area contributed by atoms with Crippen LogP contribution in [0.1, 0.15) is 17.6 Å². The average molecular weight is 305 g/mol. The SMILES string of the molecule is CCOc1ccc2nc(NCc3csc(C)n3)sc2c1. The Kier molecular flexibility index (Phi) is 3.84. The fraction of sp³-hybridized carbons (Fsp3) is 0.286. The molecule has 3 rings (SSSR count). The van der Waals surface area contributed by atoms with Gasteiger partial charge in [0.15, 0.2) is 5.13 Å². The maximum Gasteiger partial charge on any atom is 0.184 e. The molecular formula is C14H15N3OS2. The summed E-state index contributed by atoms with van der Waals surface area (Å²) in [5, 5.41) is 7.40. The first-order chi connectivity index (χ1) is 9.74. The van der Waals surface area contributed by atoms with Crippen molar-refractivity contribution in [1.82, 2.24) is 9.97 Å². The van der Waals surface area contributed by atoms with Crippen molar-refractivity contribution in [3.05, 3.63) is 34.3 Å². The van der Waals surface area contributed by atoms with Crippen LogP contribution in [0.3, 0.4) is 0 Å². The first-order valence-corrected chi connectivity index (χ1v) is 8.12. The summed E-state index contributed by atoms with van der Waals surface area (Å²) in [6.07, 6.45) is 0. The molecule has 3 aromatic rings. The second-order valence-corrected chi connectivity index (χ2v) is 6.39. The third-order valence-corrected chi connectivity index (χ3v) is 4.56. The minimum absolute atomic E-state index is 0.679. The summed E-state index contributed by atoms with van der Waals surface area (Å²) in [6.45, 7) is 5.39. The highest BCUT2D eigenvalue weighted by Crippen LogP contribution is 2.29. The number of anilines is 1. The van der Waals surface area contributed by atoms with Crippen LogP contribution in [0.25, 0.3) is 10.2 Å². The number of aryl methyl sites for hydroxylation is 1. The van der Waals surface area contributed by atoms with Gasteiger partial charge in [-0.3, -0.25) is 0 Å². The summed E-state index contributed by atoms with van der Waals surface area (Å²) in [6, 6.07) is 5.99. The predicted molar refractivity (Wildman–Crippen MR) is 85.0 cm³/mol. The van der Waals surface area contributed by atoms with Crippen molar-refractivity contribution in [1.29, 1.82) is 0 Å². The zero-order chi connectivity index (χ0) is 13.9. The Morgan fingerprint density at radius 3 is 2.95 bits per heavy atom. The number of thiazole rings is 2. The van der Waals surface area contributed by atoms with Gasteiger partial charge in [0.05, 0.1) is 34.1 Å². The average Bonchev–Trinajstić information content (AvgIpc) is 3.02. The molecule has 0 aliphatic carbocycles. The highest BCUT2D eigenvalue weighted by atomic mass is 32.1. The predicted octanol–water partition coefficient (Wildman–Crippen LogP) is 4.07. The Balaban J connectivity index is 1.75. The van der Waals surface area contributed by atoms with Crippen LogP contribution in [0, 0.1) is 6.92 Å². The van der Waals surface area contributed by atoms with Crippen molar-refractivity contribution in [3.8, 4) is 5.75 Å². The molecule has 6 heteroatoms. The lowest BCUT2D eigenvalue weighted by Crippen LogP contribution is -1.98. The Hall–Kier alpha value is -1.66. The molecule has 20 heavy (non-hydrogen) atoms. The second kappa shape index (κ2) is 5.76. The third kappa shape index (κ3) is 2.91. The monoisotopic (exact) mass is 305 g/mol. The first-order valence-electron chi connectivity index (χ1n) is 6.43. The lowest BCUT2D eigenvalue weighted by atomic mass is 10.3. The smallest absolute Gasteiger partial charge is 0.184 e. The van der Waals surface area contributed by atoms with Gasteiger partial charge in [0.25, 0.3) is 0 Å². The van der Waals surface area contributed by atoms with Crippen molar-refractivity contribution in [2.45, 2.75) is 20.4 Å². The van der Waals surface area contributed by atoms with Crippen LogP contribution in [0.15, 0.2) is 23.6 Å². The Morgan fingerprint density at radius 2 is 2.20 bits per heavy atom. The molecule has 2 heterocycles. The van der Waals surface area contributed by atoms with Gasteiger partial charge in [-0.15, -0.1) is 11.3 Å². The lowest BCUT2D eigenvalue weighted by Gasteiger charge is -2.00. The molecule has 0 bridgehead atoms. The molecule has 0 atom stereocenters. The van der Waals surface area contributed by atoms with Gasteiger partial charge in [-0.1, -0.05) is 11.3 Å². The van der Waals surface area contributed by atoms with Crippen LogP contribution in [-0.2, 0) is 6.54 Å². The molecule has 2 aromatic heterocycles. The topological polar surface area (TPSA) is 47.0 Å². The van der Waals surface area contributed by atoms with E-state index in [1.807, 2.05) is 32.0 Å². The summed E-state index contributed by atoms with van der Waals surface area (Å²) in [4.78, 5) is 8.99. The number of fused-ring (bicyclic) bond motifs is 1. The quantitative estimate of drug-likeness (QED) is 0.772. The molecule has 4 nitrogen and oxygen atoms in total. The van der Waals surface area contributed by atoms with Crippen molar-refractivity contribution < 1.29 is 4.74 Å². The van der Waals surface area contributed by atoms with Crippen molar-refractivity contribution >= 4 is 38.0 Å². The molecule has 0 aliphatic heterocycles. The minimum atomic E-state index is 0.679. The van der Waals surface area contributed by atoms with Crippen molar-refractivity contribution in [2.75, 3.05) is 11.9 Å². The van der Waals surface area contributed by atoms with Gasteiger partial charge in [0.1, 0.15) is 5.75 Å². The van der Waals surface area contributed by atoms with Crippen LogP contribution in [0.5, 0.6) is 5.75 Å². The molecule has 0 saturated heterocycles. The van der Waals surface area contributed by atoms with E-state index in [0.717, 1.165) is 31.8 Å². The molecular weight excluding hydrogens is 290 g/mol. The number of hydrogen-bond donors (Lipinski definition) is 1. The zero-order valence-corrected chi connectivity index (χ0v) is 13.0. The largest absolute Gasteiger partial charge is 0.494 e. The fourth-order valence-electron chi connectivity index (χ4n) is 1.89. The zero-order valence-electron chi connectivity index (χ0n) is 11.3. The molecule has 0 amide bonds. The Labute approximate surface area is 125 Å². The number of nitrogens with zero attached hydrogens (tertiary/aromatic N) is 2. The molecule has 104 valence electrons. The Morgan fingerprint density at radius 1 is 1.30 bits per heavy atom. The number of ether oxygens (including phenoxy) is 1. The van der Waals surface area contributed by atoms with E-state index in [2.05, 4.69) is 20.7 Å². The van der Waals surface area contributed by atoms with Crippen LogP contribution in [-0.4, -0.2) is 16.6 Å². The van der Waals surface area contributed by atoms with Crippen LogP contribution < -0.4 is 10.1 Å². The van der Waals surface area contributed by atoms with Gasteiger partial charge in [0, 0.05) is 5.38 Å². The van der Waals surface area contributed by atoms with E-state index < -0.39 is 0 Å². The van der Waals surface area contributed by atoms with E-state index in [1.165, 1.54) is 0 Å². The number of hydrogen-bond acceptors (Lipinski definition) is 6. The summed E-state index contributed by atoms with van der Waals surface area (Å²) < 4.78 is 6.64. The molecule has 0 aliphatic rings. The van der Waals surface area contributed by atoms with Crippen LogP contribution in [0.4, 0.5) is 5.13 Å². The van der Waals surface area contributed by atoms with Crippen LogP contribution in [0.2, 0.25) is 0 Å². The highest BCUT2D eigenvalue weighted by Gasteiger charge is 2.06.